The normalized spacial score (nSPS) is 16.2. The van der Waals surface area contributed by atoms with Gasteiger partial charge in [-0.2, -0.15) is 5.10 Å². The standard InChI is InChI=1S/C21H23N3O5S/c1-30(28,29)23-17-12-10-15(11-13-17)18-14-19(16-6-3-2-4-7-16)24(22-18)20(25)8-5-9-21(26)27/h2-4,6-7,10-13,19,23H,5,8-9,14H2,1H3,(H,26,27)/t19-/m0/s1. The van der Waals surface area contributed by atoms with E-state index in [9.17, 15) is 18.0 Å². The van der Waals surface area contributed by atoms with E-state index in [0.717, 1.165) is 17.4 Å². The van der Waals surface area contributed by atoms with Crippen LogP contribution in [0.2, 0.25) is 0 Å². The Bertz CT molecular complexity index is 1050. The van der Waals surface area contributed by atoms with Crippen LogP contribution in [0.15, 0.2) is 59.7 Å². The van der Waals surface area contributed by atoms with E-state index in [0.29, 0.717) is 17.8 Å². The van der Waals surface area contributed by atoms with Gasteiger partial charge in [0.15, 0.2) is 0 Å². The van der Waals surface area contributed by atoms with Gasteiger partial charge in [0.1, 0.15) is 0 Å². The topological polar surface area (TPSA) is 116 Å². The average molecular weight is 429 g/mol. The molecule has 0 fully saturated rings. The van der Waals surface area contributed by atoms with Gasteiger partial charge in [0.25, 0.3) is 0 Å². The van der Waals surface area contributed by atoms with Gasteiger partial charge < -0.3 is 5.11 Å². The molecule has 30 heavy (non-hydrogen) atoms. The summed E-state index contributed by atoms with van der Waals surface area (Å²) in [6, 6.07) is 16.1. The second kappa shape index (κ2) is 9.08. The number of carboxylic acid groups (broad SMARTS) is 1. The number of nitrogens with zero attached hydrogens (tertiary/aromatic N) is 2. The highest BCUT2D eigenvalue weighted by molar-refractivity contribution is 7.92. The molecule has 2 N–H and O–H groups in total. The van der Waals surface area contributed by atoms with Crippen LogP contribution in [0.5, 0.6) is 0 Å². The largest absolute Gasteiger partial charge is 0.481 e. The quantitative estimate of drug-likeness (QED) is 0.669. The number of aliphatic carboxylic acids is 1. The molecule has 0 saturated heterocycles. The summed E-state index contributed by atoms with van der Waals surface area (Å²) < 4.78 is 25.2. The van der Waals surface area contributed by atoms with Gasteiger partial charge in [-0.05, 0) is 29.7 Å². The first-order valence-electron chi connectivity index (χ1n) is 9.47. The molecule has 8 nitrogen and oxygen atoms in total. The lowest BCUT2D eigenvalue weighted by atomic mass is 9.98. The molecule has 2 aromatic rings. The minimum atomic E-state index is -3.36. The Balaban J connectivity index is 1.82. The SMILES string of the molecule is CS(=O)(=O)Nc1ccc(C2=NN(C(=O)CCCC(=O)O)[C@H](c3ccccc3)C2)cc1. The van der Waals surface area contributed by atoms with Crippen LogP contribution in [-0.4, -0.2) is 42.4 Å². The van der Waals surface area contributed by atoms with Crippen LogP contribution in [0.3, 0.4) is 0 Å². The zero-order valence-corrected chi connectivity index (χ0v) is 17.3. The van der Waals surface area contributed by atoms with Crippen LogP contribution in [0, 0.1) is 0 Å². The molecule has 3 rings (SSSR count). The molecule has 0 saturated carbocycles. The lowest BCUT2D eigenvalue weighted by Crippen LogP contribution is -2.26. The number of anilines is 1. The Morgan fingerprint density at radius 2 is 1.77 bits per heavy atom. The van der Waals surface area contributed by atoms with Crippen LogP contribution in [0.25, 0.3) is 0 Å². The van der Waals surface area contributed by atoms with Crippen LogP contribution < -0.4 is 4.72 Å². The number of nitrogens with one attached hydrogen (secondary N) is 1. The second-order valence-corrected chi connectivity index (χ2v) is 8.86. The maximum Gasteiger partial charge on any atom is 0.303 e. The molecule has 0 aromatic heterocycles. The average Bonchev–Trinajstić information content (AvgIpc) is 3.13. The first-order valence-corrected chi connectivity index (χ1v) is 11.4. The number of sulfonamides is 1. The monoisotopic (exact) mass is 429 g/mol. The smallest absolute Gasteiger partial charge is 0.303 e. The van der Waals surface area contributed by atoms with E-state index in [2.05, 4.69) is 9.82 Å². The van der Waals surface area contributed by atoms with E-state index >= 15 is 0 Å². The molecule has 2 aromatic carbocycles. The first-order chi connectivity index (χ1) is 14.2. The number of rotatable bonds is 8. The lowest BCUT2D eigenvalue weighted by Gasteiger charge is -2.22. The summed E-state index contributed by atoms with van der Waals surface area (Å²) in [6.07, 6.45) is 1.88. The molecule has 158 valence electrons. The van der Waals surface area contributed by atoms with Crippen molar-refractivity contribution in [2.45, 2.75) is 31.7 Å². The molecule has 1 amide bonds. The molecule has 0 aliphatic carbocycles. The summed E-state index contributed by atoms with van der Waals surface area (Å²) in [5.41, 5.74) is 2.89. The molecule has 0 bridgehead atoms. The van der Waals surface area contributed by atoms with Crippen LogP contribution >= 0.6 is 0 Å². The third kappa shape index (κ3) is 5.66. The van der Waals surface area contributed by atoms with Crippen molar-refractivity contribution >= 4 is 33.3 Å². The maximum absolute atomic E-state index is 12.7. The van der Waals surface area contributed by atoms with Gasteiger partial charge in [-0.3, -0.25) is 14.3 Å². The van der Waals surface area contributed by atoms with E-state index in [1.54, 1.807) is 24.3 Å². The summed E-state index contributed by atoms with van der Waals surface area (Å²) >= 11 is 0. The third-order valence-corrected chi connectivity index (χ3v) is 5.26. The minimum absolute atomic E-state index is 0.0685. The number of amides is 1. The van der Waals surface area contributed by atoms with Crippen molar-refractivity contribution in [2.24, 2.45) is 5.10 Å². The van der Waals surface area contributed by atoms with Gasteiger partial charge in [0.2, 0.25) is 15.9 Å². The predicted octanol–water partition coefficient (Wildman–Crippen LogP) is 2.99. The number of hydrogen-bond donors (Lipinski definition) is 2. The number of carbonyl (C=O) groups excluding carboxylic acids is 1. The summed E-state index contributed by atoms with van der Waals surface area (Å²) in [5.74, 6) is -1.16. The Labute approximate surface area is 175 Å². The van der Waals surface area contributed by atoms with Gasteiger partial charge in [0, 0.05) is 24.9 Å². The van der Waals surface area contributed by atoms with Crippen LogP contribution in [0.1, 0.15) is 42.9 Å². The Morgan fingerprint density at radius 1 is 1.10 bits per heavy atom. The summed E-state index contributed by atoms with van der Waals surface area (Å²) in [4.78, 5) is 23.5. The van der Waals surface area contributed by atoms with Gasteiger partial charge in [-0.1, -0.05) is 42.5 Å². The summed E-state index contributed by atoms with van der Waals surface area (Å²) in [7, 11) is -3.36. The third-order valence-electron chi connectivity index (χ3n) is 4.65. The van der Waals surface area contributed by atoms with Gasteiger partial charge in [0.05, 0.1) is 18.0 Å². The van der Waals surface area contributed by atoms with Crippen molar-refractivity contribution in [1.82, 2.24) is 5.01 Å². The highest BCUT2D eigenvalue weighted by Crippen LogP contribution is 2.33. The molecule has 0 spiro atoms. The number of hydrazone groups is 1. The van der Waals surface area contributed by atoms with Crippen molar-refractivity contribution < 1.29 is 23.1 Å². The highest BCUT2D eigenvalue weighted by atomic mass is 32.2. The van der Waals surface area contributed by atoms with E-state index in [-0.39, 0.29) is 31.2 Å². The second-order valence-electron chi connectivity index (χ2n) is 7.11. The van der Waals surface area contributed by atoms with E-state index in [1.165, 1.54) is 5.01 Å². The number of carbonyl (C=O) groups is 2. The molecule has 1 heterocycles. The van der Waals surface area contributed by atoms with Crippen molar-refractivity contribution in [3.05, 3.63) is 65.7 Å². The molecule has 1 aliphatic rings. The van der Waals surface area contributed by atoms with E-state index in [4.69, 9.17) is 5.11 Å². The van der Waals surface area contributed by atoms with Gasteiger partial charge >= 0.3 is 5.97 Å². The molecular weight excluding hydrogens is 406 g/mol. The van der Waals surface area contributed by atoms with Gasteiger partial charge in [-0.25, -0.2) is 13.4 Å². The lowest BCUT2D eigenvalue weighted by molar-refractivity contribution is -0.137. The van der Waals surface area contributed by atoms with Crippen molar-refractivity contribution in [2.75, 3.05) is 11.0 Å². The number of hydrogen-bond acceptors (Lipinski definition) is 5. The van der Waals surface area contributed by atoms with E-state index < -0.39 is 16.0 Å². The Hall–Kier alpha value is -3.20. The van der Waals surface area contributed by atoms with Crippen molar-refractivity contribution in [3.8, 4) is 0 Å². The number of benzene rings is 2. The Kier molecular flexibility index (Phi) is 6.51. The Morgan fingerprint density at radius 3 is 2.37 bits per heavy atom. The first kappa shape index (κ1) is 21.5. The van der Waals surface area contributed by atoms with E-state index in [1.807, 2.05) is 30.3 Å². The van der Waals surface area contributed by atoms with Crippen molar-refractivity contribution in [3.63, 3.8) is 0 Å². The van der Waals surface area contributed by atoms with Crippen molar-refractivity contribution in [1.29, 1.82) is 0 Å². The van der Waals surface area contributed by atoms with Gasteiger partial charge in [-0.15, -0.1) is 0 Å². The molecule has 0 radical (unpaired) electrons. The fraction of sp³-hybridized carbons (Fsp3) is 0.286. The maximum atomic E-state index is 12.7. The highest BCUT2D eigenvalue weighted by Gasteiger charge is 2.32. The molecule has 1 atom stereocenters. The fourth-order valence-corrected chi connectivity index (χ4v) is 3.86. The summed E-state index contributed by atoms with van der Waals surface area (Å²) in [5, 5.41) is 14.8. The zero-order chi connectivity index (χ0) is 21.7. The van der Waals surface area contributed by atoms with Crippen LogP contribution in [-0.2, 0) is 19.6 Å². The minimum Gasteiger partial charge on any atom is -0.481 e. The number of carboxylic acids is 1. The zero-order valence-electron chi connectivity index (χ0n) is 16.5. The predicted molar refractivity (Wildman–Crippen MR) is 114 cm³/mol. The molecule has 0 unspecified atom stereocenters. The molecule has 9 heteroatoms. The summed E-state index contributed by atoms with van der Waals surface area (Å²) in [6.45, 7) is 0. The molecule has 1 aliphatic heterocycles. The fourth-order valence-electron chi connectivity index (χ4n) is 3.30. The van der Waals surface area contributed by atoms with Crippen LogP contribution in [0.4, 0.5) is 5.69 Å². The molecular formula is C21H23N3O5S.